The first-order chi connectivity index (χ1) is 15.5. The zero-order valence-electron chi connectivity index (χ0n) is 18.9. The van der Waals surface area contributed by atoms with Crippen LogP contribution in [0, 0.1) is 19.8 Å². The molecule has 0 bridgehead atoms. The highest BCUT2D eigenvalue weighted by molar-refractivity contribution is 7.99. The molecule has 1 saturated carbocycles. The second-order valence-electron chi connectivity index (χ2n) is 9.04. The van der Waals surface area contributed by atoms with Gasteiger partial charge in [0.05, 0.1) is 20.9 Å². The van der Waals surface area contributed by atoms with Crippen molar-refractivity contribution in [2.24, 2.45) is 13.0 Å². The highest BCUT2D eigenvalue weighted by Crippen LogP contribution is 2.59. The largest absolute Gasteiger partial charge is 0.440 e. The van der Waals surface area contributed by atoms with Crippen LogP contribution < -0.4 is 0 Å². The van der Waals surface area contributed by atoms with E-state index in [4.69, 9.17) is 4.42 Å². The first-order valence-electron chi connectivity index (χ1n) is 11.1. The summed E-state index contributed by atoms with van der Waals surface area (Å²) >= 11 is 3.57. The van der Waals surface area contributed by atoms with Gasteiger partial charge in [-0.1, -0.05) is 17.8 Å². The van der Waals surface area contributed by atoms with Crippen molar-refractivity contribution in [3.8, 4) is 11.6 Å². The highest BCUT2D eigenvalue weighted by Gasteiger charge is 2.60. The SMILES string of the molecule is Cc1nc2ccc(C34CC3CN(CCCSc3nnc(-c5ocnc5C)n3C)C4)cc2s1.Cl. The van der Waals surface area contributed by atoms with Crippen LogP contribution in [0.2, 0.25) is 0 Å². The molecule has 0 N–H and O–H groups in total. The summed E-state index contributed by atoms with van der Waals surface area (Å²) < 4.78 is 8.80. The molecule has 2 fully saturated rings. The van der Waals surface area contributed by atoms with E-state index in [0.717, 1.165) is 51.8 Å². The van der Waals surface area contributed by atoms with E-state index in [1.54, 1.807) is 11.8 Å². The average Bonchev–Trinajstić information content (AvgIpc) is 3.20. The number of aryl methyl sites for hydroxylation is 2. The molecule has 4 heterocycles. The first kappa shape index (κ1) is 22.8. The van der Waals surface area contributed by atoms with Gasteiger partial charge in [-0.25, -0.2) is 9.97 Å². The number of hydrogen-bond donors (Lipinski definition) is 0. The summed E-state index contributed by atoms with van der Waals surface area (Å²) in [4.78, 5) is 11.4. The third-order valence-electron chi connectivity index (χ3n) is 6.92. The molecule has 1 saturated heterocycles. The number of hydrogen-bond acceptors (Lipinski definition) is 8. The van der Waals surface area contributed by atoms with Crippen molar-refractivity contribution in [1.29, 1.82) is 0 Å². The van der Waals surface area contributed by atoms with Gasteiger partial charge in [0.25, 0.3) is 0 Å². The number of benzene rings is 1. The second-order valence-corrected chi connectivity index (χ2v) is 11.3. The molecule has 2 unspecified atom stereocenters. The molecule has 1 aliphatic carbocycles. The van der Waals surface area contributed by atoms with Crippen molar-refractivity contribution < 1.29 is 4.42 Å². The molecule has 0 amide bonds. The zero-order chi connectivity index (χ0) is 21.9. The lowest BCUT2D eigenvalue weighted by Gasteiger charge is -2.21. The fraction of sp³-hybridized carbons (Fsp3) is 0.478. The fourth-order valence-corrected chi connectivity index (χ4v) is 6.86. The Morgan fingerprint density at radius 1 is 1.27 bits per heavy atom. The normalized spacial score (nSPS) is 22.0. The van der Waals surface area contributed by atoms with Gasteiger partial charge in [0.1, 0.15) is 0 Å². The van der Waals surface area contributed by atoms with Crippen molar-refractivity contribution in [3.05, 3.63) is 40.9 Å². The summed E-state index contributed by atoms with van der Waals surface area (Å²) in [5.74, 6) is 3.27. The van der Waals surface area contributed by atoms with E-state index in [-0.39, 0.29) is 12.4 Å². The number of aromatic nitrogens is 5. The van der Waals surface area contributed by atoms with E-state index >= 15 is 0 Å². The summed E-state index contributed by atoms with van der Waals surface area (Å²) in [6.07, 6.45) is 3.93. The predicted molar refractivity (Wildman–Crippen MR) is 134 cm³/mol. The number of nitrogens with zero attached hydrogens (tertiary/aromatic N) is 6. The molecule has 3 aromatic heterocycles. The van der Waals surface area contributed by atoms with Gasteiger partial charge < -0.3 is 13.9 Å². The van der Waals surface area contributed by atoms with Crippen LogP contribution in [-0.2, 0) is 12.5 Å². The molecule has 2 aliphatic rings. The van der Waals surface area contributed by atoms with Gasteiger partial charge in [-0.15, -0.1) is 33.9 Å². The molecule has 2 atom stereocenters. The first-order valence-corrected chi connectivity index (χ1v) is 12.9. The van der Waals surface area contributed by atoms with Gasteiger partial charge in [-0.3, -0.25) is 0 Å². The fourth-order valence-electron chi connectivity index (χ4n) is 5.16. The Morgan fingerprint density at radius 2 is 2.15 bits per heavy atom. The molecule has 6 rings (SSSR count). The third-order valence-corrected chi connectivity index (χ3v) is 8.96. The molecule has 0 radical (unpaired) electrons. The van der Waals surface area contributed by atoms with Crippen LogP contribution >= 0.6 is 35.5 Å². The van der Waals surface area contributed by atoms with Crippen LogP contribution in [0.3, 0.4) is 0 Å². The summed E-state index contributed by atoms with van der Waals surface area (Å²) in [5, 5.41) is 10.7. The molecular weight excluding hydrogens is 476 g/mol. The van der Waals surface area contributed by atoms with Gasteiger partial charge >= 0.3 is 0 Å². The van der Waals surface area contributed by atoms with E-state index in [0.29, 0.717) is 11.2 Å². The van der Waals surface area contributed by atoms with Gasteiger partial charge in [-0.2, -0.15) is 0 Å². The second kappa shape index (κ2) is 8.69. The number of likely N-dealkylation sites (tertiary alicyclic amines) is 1. The lowest BCUT2D eigenvalue weighted by atomic mass is 9.95. The van der Waals surface area contributed by atoms with Crippen LogP contribution in [0.4, 0.5) is 0 Å². The molecular formula is C23H27ClN6OS2. The summed E-state index contributed by atoms with van der Waals surface area (Å²) in [7, 11) is 1.98. The number of fused-ring (bicyclic) bond motifs is 2. The number of oxazole rings is 1. The Hall–Kier alpha value is -1.94. The van der Waals surface area contributed by atoms with Crippen LogP contribution in [0.25, 0.3) is 21.8 Å². The molecule has 33 heavy (non-hydrogen) atoms. The molecule has 1 aromatic carbocycles. The minimum Gasteiger partial charge on any atom is -0.440 e. The number of piperidine rings is 1. The summed E-state index contributed by atoms with van der Waals surface area (Å²) in [6.45, 7) is 7.56. The average molecular weight is 503 g/mol. The smallest absolute Gasteiger partial charge is 0.202 e. The quantitative estimate of drug-likeness (QED) is 0.263. The molecule has 0 spiro atoms. The number of thioether (sulfide) groups is 1. The monoisotopic (exact) mass is 502 g/mol. The van der Waals surface area contributed by atoms with E-state index in [1.807, 2.05) is 29.9 Å². The van der Waals surface area contributed by atoms with Crippen LogP contribution in [0.1, 0.15) is 29.1 Å². The predicted octanol–water partition coefficient (Wildman–Crippen LogP) is 4.87. The summed E-state index contributed by atoms with van der Waals surface area (Å²) in [5.41, 5.74) is 3.88. The molecule has 10 heteroatoms. The Kier molecular flexibility index (Phi) is 6.01. The minimum absolute atomic E-state index is 0. The lowest BCUT2D eigenvalue weighted by Crippen LogP contribution is -2.27. The zero-order valence-corrected chi connectivity index (χ0v) is 21.4. The number of rotatable bonds is 7. The van der Waals surface area contributed by atoms with Crippen molar-refractivity contribution in [1.82, 2.24) is 29.6 Å². The van der Waals surface area contributed by atoms with Crippen molar-refractivity contribution in [3.63, 3.8) is 0 Å². The maximum absolute atomic E-state index is 5.47. The molecule has 7 nitrogen and oxygen atoms in total. The van der Waals surface area contributed by atoms with Gasteiger partial charge in [0.15, 0.2) is 17.3 Å². The van der Waals surface area contributed by atoms with E-state index < -0.39 is 0 Å². The Morgan fingerprint density at radius 3 is 2.97 bits per heavy atom. The van der Waals surface area contributed by atoms with Gasteiger partial charge in [0.2, 0.25) is 5.82 Å². The molecule has 174 valence electrons. The van der Waals surface area contributed by atoms with Crippen molar-refractivity contribution in [2.75, 3.05) is 25.4 Å². The lowest BCUT2D eigenvalue weighted by molar-refractivity contribution is 0.299. The molecule has 4 aromatic rings. The Balaban J connectivity index is 0.00000228. The van der Waals surface area contributed by atoms with Crippen LogP contribution in [0.5, 0.6) is 0 Å². The number of thiazole rings is 1. The minimum atomic E-state index is 0. The highest BCUT2D eigenvalue weighted by atomic mass is 35.5. The summed E-state index contributed by atoms with van der Waals surface area (Å²) in [6, 6.07) is 6.94. The standard InChI is InChI=1S/C23H26N6OS2.ClH/c1-14-20(30-13-24-14)21-26-27-22(28(21)3)31-8-4-7-29-11-17-10-23(17,12-29)16-5-6-18-19(9-16)32-15(2)25-18;/h5-6,9,13,17H,4,7-8,10-12H2,1-3H3;1H. The Bertz CT molecular complexity index is 1300. The molecule has 1 aliphatic heterocycles. The van der Waals surface area contributed by atoms with Crippen LogP contribution in [-0.4, -0.2) is 55.0 Å². The van der Waals surface area contributed by atoms with E-state index in [1.165, 1.54) is 36.2 Å². The van der Waals surface area contributed by atoms with Gasteiger partial charge in [-0.05, 0) is 56.8 Å². The number of halogens is 1. The van der Waals surface area contributed by atoms with E-state index in [9.17, 15) is 0 Å². The van der Waals surface area contributed by atoms with Crippen LogP contribution in [0.15, 0.2) is 34.2 Å². The maximum Gasteiger partial charge on any atom is 0.202 e. The maximum atomic E-state index is 5.47. The van der Waals surface area contributed by atoms with E-state index in [2.05, 4.69) is 50.2 Å². The van der Waals surface area contributed by atoms with Crippen molar-refractivity contribution in [2.45, 2.75) is 37.3 Å². The van der Waals surface area contributed by atoms with Crippen molar-refractivity contribution >= 4 is 45.7 Å². The Labute approximate surface area is 207 Å². The topological polar surface area (TPSA) is 72.9 Å². The third kappa shape index (κ3) is 3.99. The van der Waals surface area contributed by atoms with Gasteiger partial charge in [0, 0.05) is 31.3 Å².